The molecule has 2 aliphatic rings. The summed E-state index contributed by atoms with van der Waals surface area (Å²) >= 11 is 0. The Balaban J connectivity index is 1.57. The molecule has 1 aliphatic heterocycles. The Morgan fingerprint density at radius 3 is 2.37 bits per heavy atom. The molecule has 5 nitrogen and oxygen atoms in total. The molecular formula is C25H31N3O2. The Morgan fingerprint density at radius 2 is 1.70 bits per heavy atom. The molecule has 0 bridgehead atoms. The fourth-order valence-electron chi connectivity index (χ4n) is 4.01. The Hall–Kier alpha value is -2.82. The Kier molecular flexibility index (Phi) is 6.07. The highest BCUT2D eigenvalue weighted by Gasteiger charge is 2.30. The summed E-state index contributed by atoms with van der Waals surface area (Å²) in [7, 11) is 0. The lowest BCUT2D eigenvalue weighted by molar-refractivity contribution is -0.117. The molecule has 0 spiro atoms. The zero-order chi connectivity index (χ0) is 21.1. The summed E-state index contributed by atoms with van der Waals surface area (Å²) in [4.78, 5) is 27.8. The first kappa shape index (κ1) is 20.5. The molecule has 1 aliphatic carbocycles. The molecule has 2 fully saturated rings. The first-order valence-corrected chi connectivity index (χ1v) is 11.1. The first-order chi connectivity index (χ1) is 14.5. The van der Waals surface area contributed by atoms with Crippen LogP contribution in [0.15, 0.2) is 48.5 Å². The van der Waals surface area contributed by atoms with E-state index in [9.17, 15) is 9.59 Å². The van der Waals surface area contributed by atoms with Crippen molar-refractivity contribution < 1.29 is 9.59 Å². The van der Waals surface area contributed by atoms with Crippen molar-refractivity contribution in [2.24, 2.45) is 11.8 Å². The molecule has 0 radical (unpaired) electrons. The second kappa shape index (κ2) is 8.90. The maximum Gasteiger partial charge on any atom is 0.253 e. The number of hydrogen-bond acceptors (Lipinski definition) is 3. The van der Waals surface area contributed by atoms with Gasteiger partial charge in [0.15, 0.2) is 0 Å². The van der Waals surface area contributed by atoms with Crippen LogP contribution in [0.2, 0.25) is 0 Å². The third-order valence-electron chi connectivity index (χ3n) is 6.23. The number of benzene rings is 2. The van der Waals surface area contributed by atoms with Gasteiger partial charge in [0, 0.05) is 30.4 Å². The average Bonchev–Trinajstić information content (AvgIpc) is 3.60. The second-order valence-electron chi connectivity index (χ2n) is 8.77. The van der Waals surface area contributed by atoms with Crippen LogP contribution in [0.25, 0.3) is 0 Å². The van der Waals surface area contributed by atoms with Gasteiger partial charge in [0.1, 0.15) is 0 Å². The van der Waals surface area contributed by atoms with E-state index in [1.54, 1.807) is 0 Å². The maximum atomic E-state index is 13.3. The van der Waals surface area contributed by atoms with Crippen molar-refractivity contribution in [2.75, 3.05) is 23.3 Å². The molecule has 2 N–H and O–H groups in total. The van der Waals surface area contributed by atoms with Crippen molar-refractivity contribution in [3.05, 3.63) is 59.7 Å². The summed E-state index contributed by atoms with van der Waals surface area (Å²) in [6.45, 7) is 6.17. The summed E-state index contributed by atoms with van der Waals surface area (Å²) in [6, 6.07) is 15.6. The average molecular weight is 406 g/mol. The summed E-state index contributed by atoms with van der Waals surface area (Å²) in [5.41, 5.74) is 3.33. The topological polar surface area (TPSA) is 61.4 Å². The second-order valence-corrected chi connectivity index (χ2v) is 8.77. The van der Waals surface area contributed by atoms with Gasteiger partial charge in [-0.05, 0) is 62.3 Å². The van der Waals surface area contributed by atoms with Crippen LogP contribution in [0.4, 0.5) is 11.4 Å². The van der Waals surface area contributed by atoms with Crippen LogP contribution in [0, 0.1) is 11.8 Å². The van der Waals surface area contributed by atoms with Crippen molar-refractivity contribution >= 4 is 23.2 Å². The predicted octanol–water partition coefficient (Wildman–Crippen LogP) is 4.76. The maximum absolute atomic E-state index is 13.3. The number of hydrogen-bond donors (Lipinski definition) is 2. The van der Waals surface area contributed by atoms with Crippen molar-refractivity contribution in [1.82, 2.24) is 5.32 Å². The normalized spacial score (nSPS) is 18.0. The smallest absolute Gasteiger partial charge is 0.253 e. The van der Waals surface area contributed by atoms with E-state index in [2.05, 4.69) is 22.5 Å². The first-order valence-electron chi connectivity index (χ1n) is 11.1. The number of nitrogens with zero attached hydrogens (tertiary/aromatic N) is 1. The fraction of sp³-hybridized carbons (Fsp3) is 0.440. The minimum atomic E-state index is -0.109. The molecule has 2 aromatic rings. The summed E-state index contributed by atoms with van der Waals surface area (Å²) < 4.78 is 0. The van der Waals surface area contributed by atoms with Crippen molar-refractivity contribution in [3.8, 4) is 0 Å². The molecule has 1 atom stereocenters. The number of nitrogens with one attached hydrogen (secondary N) is 2. The molecular weight excluding hydrogens is 374 g/mol. The summed E-state index contributed by atoms with van der Waals surface area (Å²) in [5.74, 6) is 0.790. The van der Waals surface area contributed by atoms with Crippen LogP contribution in [0.5, 0.6) is 0 Å². The molecule has 4 rings (SSSR count). The predicted molar refractivity (Wildman–Crippen MR) is 121 cm³/mol. The monoisotopic (exact) mass is 405 g/mol. The molecule has 1 saturated heterocycles. The van der Waals surface area contributed by atoms with Crippen LogP contribution >= 0.6 is 0 Å². The van der Waals surface area contributed by atoms with Gasteiger partial charge in [-0.2, -0.15) is 0 Å². The van der Waals surface area contributed by atoms with Gasteiger partial charge < -0.3 is 15.5 Å². The van der Waals surface area contributed by atoms with Gasteiger partial charge in [-0.3, -0.25) is 9.59 Å². The van der Waals surface area contributed by atoms with E-state index in [-0.39, 0.29) is 23.8 Å². The van der Waals surface area contributed by atoms with E-state index in [1.807, 2.05) is 55.5 Å². The third kappa shape index (κ3) is 4.84. The number of carbonyl (C=O) groups is 2. The summed E-state index contributed by atoms with van der Waals surface area (Å²) in [5, 5.41) is 6.12. The van der Waals surface area contributed by atoms with Gasteiger partial charge in [0.25, 0.3) is 5.91 Å². The number of anilines is 2. The van der Waals surface area contributed by atoms with Gasteiger partial charge in [0.05, 0.1) is 11.6 Å². The molecule has 5 heteroatoms. The largest absolute Gasteiger partial charge is 0.371 e. The zero-order valence-corrected chi connectivity index (χ0v) is 17.9. The lowest BCUT2D eigenvalue weighted by Crippen LogP contribution is -2.35. The highest BCUT2D eigenvalue weighted by Crippen LogP contribution is 2.32. The lowest BCUT2D eigenvalue weighted by Gasteiger charge is -2.33. The molecule has 0 aromatic heterocycles. The van der Waals surface area contributed by atoms with Crippen molar-refractivity contribution in [2.45, 2.75) is 45.6 Å². The molecule has 1 saturated carbocycles. The van der Waals surface area contributed by atoms with E-state index in [4.69, 9.17) is 0 Å². The van der Waals surface area contributed by atoms with Crippen LogP contribution in [-0.4, -0.2) is 24.9 Å². The van der Waals surface area contributed by atoms with Gasteiger partial charge in [-0.15, -0.1) is 0 Å². The number of amides is 2. The third-order valence-corrected chi connectivity index (χ3v) is 6.23. The van der Waals surface area contributed by atoms with Gasteiger partial charge in [-0.1, -0.05) is 37.3 Å². The molecule has 2 amide bonds. The zero-order valence-electron chi connectivity index (χ0n) is 17.9. The number of piperidine rings is 1. The minimum absolute atomic E-state index is 0.0542. The SMILES string of the molecule is CC1CCN(c2ccc(NC(=O)C3CC3)cc2C(=O)N[C@@H](C)c2ccccc2)CC1. The van der Waals surface area contributed by atoms with Gasteiger partial charge in [0.2, 0.25) is 5.91 Å². The molecule has 158 valence electrons. The fourth-order valence-corrected chi connectivity index (χ4v) is 4.01. The molecule has 0 unspecified atom stereocenters. The minimum Gasteiger partial charge on any atom is -0.371 e. The highest BCUT2D eigenvalue weighted by atomic mass is 16.2. The highest BCUT2D eigenvalue weighted by molar-refractivity contribution is 6.02. The Labute approximate surface area is 178 Å². The summed E-state index contributed by atoms with van der Waals surface area (Å²) in [6.07, 6.45) is 4.17. The molecule has 2 aromatic carbocycles. The Morgan fingerprint density at radius 1 is 1.00 bits per heavy atom. The van der Waals surface area contributed by atoms with E-state index >= 15 is 0 Å². The van der Waals surface area contributed by atoms with Crippen LogP contribution in [0.3, 0.4) is 0 Å². The van der Waals surface area contributed by atoms with E-state index < -0.39 is 0 Å². The van der Waals surface area contributed by atoms with E-state index in [0.717, 1.165) is 50.0 Å². The Bertz CT molecular complexity index is 900. The van der Waals surface area contributed by atoms with Gasteiger partial charge >= 0.3 is 0 Å². The quantitative estimate of drug-likeness (QED) is 0.728. The lowest BCUT2D eigenvalue weighted by atomic mass is 9.97. The molecule has 1 heterocycles. The van der Waals surface area contributed by atoms with Crippen LogP contribution < -0.4 is 15.5 Å². The molecule has 30 heavy (non-hydrogen) atoms. The van der Waals surface area contributed by atoms with Gasteiger partial charge in [-0.25, -0.2) is 0 Å². The van der Waals surface area contributed by atoms with E-state index in [0.29, 0.717) is 17.2 Å². The van der Waals surface area contributed by atoms with E-state index in [1.165, 1.54) is 0 Å². The standard InChI is InChI=1S/C25H31N3O2/c1-17-12-14-28(15-13-17)23-11-10-21(27-24(29)20-8-9-20)16-22(23)25(30)26-18(2)19-6-4-3-5-7-19/h3-7,10-11,16-18,20H,8-9,12-15H2,1-2H3,(H,26,30)(H,27,29)/t18-/m0/s1. The van der Waals surface area contributed by atoms with Crippen LogP contribution in [0.1, 0.15) is 61.5 Å². The van der Waals surface area contributed by atoms with Crippen molar-refractivity contribution in [1.29, 1.82) is 0 Å². The number of rotatable bonds is 6. The van der Waals surface area contributed by atoms with Crippen LogP contribution in [-0.2, 0) is 4.79 Å². The van der Waals surface area contributed by atoms with Crippen molar-refractivity contribution in [3.63, 3.8) is 0 Å². The number of carbonyl (C=O) groups excluding carboxylic acids is 2.